The van der Waals surface area contributed by atoms with E-state index < -0.39 is 10.0 Å². The molecule has 1 aliphatic heterocycles. The molecule has 0 atom stereocenters. The number of hydrogen-bond acceptors (Lipinski definition) is 5. The number of nitrogens with zero attached hydrogens (tertiary/aromatic N) is 2. The average molecular weight is 549 g/mol. The SMILES string of the molecule is CCNC(=NCC1(CCOC)CCCC1)NCCS(=O)(=O)N1CCSCC1.I. The van der Waals surface area contributed by atoms with Gasteiger partial charge >= 0.3 is 0 Å². The number of rotatable bonds is 10. The Morgan fingerprint density at radius 2 is 1.89 bits per heavy atom. The number of guanidine groups is 1. The maximum absolute atomic E-state index is 12.5. The van der Waals surface area contributed by atoms with Crippen LogP contribution in [0.4, 0.5) is 0 Å². The molecule has 166 valence electrons. The molecule has 0 aromatic rings. The summed E-state index contributed by atoms with van der Waals surface area (Å²) in [7, 11) is -1.44. The molecule has 0 aromatic heterocycles. The molecule has 1 saturated carbocycles. The molecule has 7 nitrogen and oxygen atoms in total. The number of nitrogens with one attached hydrogen (secondary N) is 2. The van der Waals surface area contributed by atoms with Gasteiger partial charge in [0, 0.05) is 57.9 Å². The molecule has 28 heavy (non-hydrogen) atoms. The fraction of sp³-hybridized carbons (Fsp3) is 0.944. The van der Waals surface area contributed by atoms with Crippen molar-refractivity contribution in [3.8, 4) is 0 Å². The summed E-state index contributed by atoms with van der Waals surface area (Å²) >= 11 is 1.81. The van der Waals surface area contributed by atoms with Crippen molar-refractivity contribution in [1.82, 2.24) is 14.9 Å². The summed E-state index contributed by atoms with van der Waals surface area (Å²) in [5, 5.41) is 6.45. The number of methoxy groups -OCH3 is 1. The monoisotopic (exact) mass is 548 g/mol. The van der Waals surface area contributed by atoms with Crippen LogP contribution in [0.5, 0.6) is 0 Å². The van der Waals surface area contributed by atoms with Crippen LogP contribution in [0.25, 0.3) is 0 Å². The lowest BCUT2D eigenvalue weighted by Crippen LogP contribution is -2.44. The minimum atomic E-state index is -3.19. The highest BCUT2D eigenvalue weighted by molar-refractivity contribution is 14.0. The van der Waals surface area contributed by atoms with Crippen LogP contribution >= 0.6 is 35.7 Å². The molecule has 0 bridgehead atoms. The van der Waals surface area contributed by atoms with Crippen LogP contribution < -0.4 is 10.6 Å². The van der Waals surface area contributed by atoms with Gasteiger partial charge in [0.25, 0.3) is 0 Å². The van der Waals surface area contributed by atoms with E-state index in [2.05, 4.69) is 10.6 Å². The molecule has 0 amide bonds. The minimum absolute atomic E-state index is 0. The largest absolute Gasteiger partial charge is 0.385 e. The van der Waals surface area contributed by atoms with Crippen LogP contribution in [0.15, 0.2) is 4.99 Å². The maximum atomic E-state index is 12.5. The van der Waals surface area contributed by atoms with E-state index in [1.807, 2.05) is 18.7 Å². The second kappa shape index (κ2) is 13.5. The Bertz CT molecular complexity index is 563. The Hall–Kier alpha value is 0.220. The van der Waals surface area contributed by atoms with Gasteiger partial charge < -0.3 is 15.4 Å². The van der Waals surface area contributed by atoms with Crippen LogP contribution in [0.3, 0.4) is 0 Å². The van der Waals surface area contributed by atoms with Gasteiger partial charge in [0.05, 0.1) is 5.75 Å². The molecule has 0 radical (unpaired) electrons. The lowest BCUT2D eigenvalue weighted by molar-refractivity contribution is 0.141. The second-order valence-electron chi connectivity index (χ2n) is 7.40. The number of aliphatic imine (C=N–C) groups is 1. The Morgan fingerprint density at radius 1 is 1.21 bits per heavy atom. The standard InChI is InChI=1S/C18H36N4O3S2.HI/c1-3-19-17(21-16-18(8-12-25-2)6-4-5-7-18)20-9-15-27(23,24)22-10-13-26-14-11-22;/h3-16H2,1-2H3,(H2,19,20,21);1H. The molecular weight excluding hydrogens is 511 g/mol. The van der Waals surface area contributed by atoms with Gasteiger partial charge in [0.2, 0.25) is 10.0 Å². The van der Waals surface area contributed by atoms with Crippen molar-refractivity contribution in [2.24, 2.45) is 10.4 Å². The van der Waals surface area contributed by atoms with Gasteiger partial charge in [0.15, 0.2) is 5.96 Å². The average Bonchev–Trinajstić information content (AvgIpc) is 3.14. The van der Waals surface area contributed by atoms with E-state index >= 15 is 0 Å². The van der Waals surface area contributed by atoms with Gasteiger partial charge in [-0.05, 0) is 31.6 Å². The minimum Gasteiger partial charge on any atom is -0.385 e. The second-order valence-corrected chi connectivity index (χ2v) is 10.7. The lowest BCUT2D eigenvalue weighted by atomic mass is 9.83. The Labute approximate surface area is 192 Å². The number of thioether (sulfide) groups is 1. The Balaban J connectivity index is 0.00000392. The normalized spacial score (nSPS) is 20.6. The van der Waals surface area contributed by atoms with Gasteiger partial charge in [0.1, 0.15) is 0 Å². The molecule has 2 rings (SSSR count). The van der Waals surface area contributed by atoms with Crippen LogP contribution in [0, 0.1) is 5.41 Å². The highest BCUT2D eigenvalue weighted by Crippen LogP contribution is 2.41. The van der Waals surface area contributed by atoms with Crippen molar-refractivity contribution in [1.29, 1.82) is 0 Å². The van der Waals surface area contributed by atoms with Gasteiger partial charge in [-0.2, -0.15) is 11.8 Å². The van der Waals surface area contributed by atoms with Crippen molar-refractivity contribution in [2.75, 3.05) is 63.7 Å². The van der Waals surface area contributed by atoms with E-state index in [1.54, 1.807) is 11.4 Å². The zero-order chi connectivity index (χ0) is 19.6. The number of halogens is 1. The van der Waals surface area contributed by atoms with E-state index in [-0.39, 0.29) is 35.1 Å². The number of ether oxygens (including phenoxy) is 1. The third kappa shape index (κ3) is 8.53. The Morgan fingerprint density at radius 3 is 2.50 bits per heavy atom. The molecule has 0 spiro atoms. The van der Waals surface area contributed by atoms with E-state index in [0.717, 1.165) is 37.6 Å². The fourth-order valence-corrected chi connectivity index (χ4v) is 6.26. The van der Waals surface area contributed by atoms with Crippen molar-refractivity contribution in [2.45, 2.75) is 39.0 Å². The van der Waals surface area contributed by atoms with E-state index in [0.29, 0.717) is 25.6 Å². The van der Waals surface area contributed by atoms with E-state index in [1.165, 1.54) is 25.7 Å². The summed E-state index contributed by atoms with van der Waals surface area (Å²) in [4.78, 5) is 4.78. The molecule has 1 aliphatic carbocycles. The summed E-state index contributed by atoms with van der Waals surface area (Å²) < 4.78 is 31.8. The first kappa shape index (κ1) is 26.3. The first-order chi connectivity index (χ1) is 13.0. The van der Waals surface area contributed by atoms with Gasteiger partial charge in [-0.25, -0.2) is 12.7 Å². The quantitative estimate of drug-likeness (QED) is 0.247. The predicted molar refractivity (Wildman–Crippen MR) is 129 cm³/mol. The molecule has 2 fully saturated rings. The molecule has 1 heterocycles. The zero-order valence-electron chi connectivity index (χ0n) is 17.2. The smallest absolute Gasteiger partial charge is 0.215 e. The number of sulfonamides is 1. The van der Waals surface area contributed by atoms with E-state index in [9.17, 15) is 8.42 Å². The molecular formula is C18H37IN4O3S2. The van der Waals surface area contributed by atoms with Crippen molar-refractivity contribution < 1.29 is 13.2 Å². The van der Waals surface area contributed by atoms with Crippen LogP contribution in [0.1, 0.15) is 39.0 Å². The molecule has 2 aliphatic rings. The zero-order valence-corrected chi connectivity index (χ0v) is 21.2. The summed E-state index contributed by atoms with van der Waals surface area (Å²) in [6.07, 6.45) is 5.94. The van der Waals surface area contributed by atoms with Crippen LogP contribution in [-0.2, 0) is 14.8 Å². The number of hydrogen-bond donors (Lipinski definition) is 2. The van der Waals surface area contributed by atoms with Gasteiger partial charge in [-0.15, -0.1) is 24.0 Å². The summed E-state index contributed by atoms with van der Waals surface area (Å²) in [5.74, 6) is 2.60. The van der Waals surface area contributed by atoms with Crippen LogP contribution in [0.2, 0.25) is 0 Å². The van der Waals surface area contributed by atoms with Crippen LogP contribution in [-0.4, -0.2) is 82.4 Å². The molecule has 0 unspecified atom stereocenters. The molecule has 0 aromatic carbocycles. The predicted octanol–water partition coefficient (Wildman–Crippen LogP) is 2.14. The molecule has 2 N–H and O–H groups in total. The topological polar surface area (TPSA) is 83.0 Å². The highest BCUT2D eigenvalue weighted by Gasteiger charge is 2.33. The third-order valence-electron chi connectivity index (χ3n) is 5.43. The van der Waals surface area contributed by atoms with Gasteiger partial charge in [-0.3, -0.25) is 4.99 Å². The first-order valence-electron chi connectivity index (χ1n) is 10.1. The van der Waals surface area contributed by atoms with Crippen molar-refractivity contribution >= 4 is 51.7 Å². The van der Waals surface area contributed by atoms with Crippen molar-refractivity contribution in [3.05, 3.63) is 0 Å². The Kier molecular flexibility index (Phi) is 12.7. The van der Waals surface area contributed by atoms with Gasteiger partial charge in [-0.1, -0.05) is 12.8 Å². The molecule has 1 saturated heterocycles. The molecule has 10 heteroatoms. The summed E-state index contributed by atoms with van der Waals surface area (Å²) in [6, 6.07) is 0. The first-order valence-corrected chi connectivity index (χ1v) is 12.8. The highest BCUT2D eigenvalue weighted by atomic mass is 127. The summed E-state index contributed by atoms with van der Waals surface area (Å²) in [5.41, 5.74) is 0.232. The fourth-order valence-electron chi connectivity index (χ4n) is 3.77. The summed E-state index contributed by atoms with van der Waals surface area (Å²) in [6.45, 7) is 5.95. The third-order valence-corrected chi connectivity index (χ3v) is 8.25. The lowest BCUT2D eigenvalue weighted by Gasteiger charge is -2.27. The van der Waals surface area contributed by atoms with E-state index in [4.69, 9.17) is 9.73 Å². The maximum Gasteiger partial charge on any atom is 0.215 e. The van der Waals surface area contributed by atoms with Crippen molar-refractivity contribution in [3.63, 3.8) is 0 Å².